The van der Waals surface area contributed by atoms with Crippen molar-refractivity contribution in [3.63, 3.8) is 0 Å². The lowest BCUT2D eigenvalue weighted by molar-refractivity contribution is 0.0827. The first-order valence-electron chi connectivity index (χ1n) is 7.68. The summed E-state index contributed by atoms with van der Waals surface area (Å²) in [7, 11) is 3.34. The Morgan fingerprint density at radius 2 is 1.84 bits per heavy atom. The van der Waals surface area contributed by atoms with Crippen molar-refractivity contribution < 1.29 is 19.1 Å². The number of benzene rings is 2. The molecule has 0 aliphatic carbocycles. The topological polar surface area (TPSA) is 67.9 Å². The van der Waals surface area contributed by atoms with Crippen LogP contribution in [0.4, 0.5) is 5.69 Å². The van der Waals surface area contributed by atoms with Crippen molar-refractivity contribution in [2.24, 2.45) is 0 Å². The van der Waals surface area contributed by atoms with Gasteiger partial charge in [0.05, 0.1) is 5.02 Å². The molecule has 0 aromatic heterocycles. The summed E-state index contributed by atoms with van der Waals surface area (Å²) in [5, 5.41) is 3.08. The molecule has 2 amide bonds. The molecule has 7 heteroatoms. The molecule has 130 valence electrons. The average molecular weight is 361 g/mol. The summed E-state index contributed by atoms with van der Waals surface area (Å²) in [5.41, 5.74) is 1.35. The van der Waals surface area contributed by atoms with Crippen molar-refractivity contribution in [1.82, 2.24) is 4.90 Å². The van der Waals surface area contributed by atoms with Gasteiger partial charge in [0.2, 0.25) is 0 Å². The molecule has 0 fully saturated rings. The Morgan fingerprint density at radius 1 is 1.08 bits per heavy atom. The number of carbonyl (C=O) groups is 2. The zero-order chi connectivity index (χ0) is 18.0. The maximum absolute atomic E-state index is 12.5. The van der Waals surface area contributed by atoms with E-state index in [1.165, 1.54) is 11.0 Å². The lowest BCUT2D eigenvalue weighted by atomic mass is 10.1. The van der Waals surface area contributed by atoms with E-state index in [0.29, 0.717) is 46.5 Å². The second kappa shape index (κ2) is 7.03. The van der Waals surface area contributed by atoms with Crippen LogP contribution in [0, 0.1) is 0 Å². The first-order valence-corrected chi connectivity index (χ1v) is 8.05. The number of amides is 2. The molecule has 6 nitrogen and oxygen atoms in total. The molecule has 0 saturated heterocycles. The van der Waals surface area contributed by atoms with Gasteiger partial charge in [0, 0.05) is 30.9 Å². The summed E-state index contributed by atoms with van der Waals surface area (Å²) in [5.74, 6) is 0.398. The highest BCUT2D eigenvalue weighted by Crippen LogP contribution is 2.38. The highest BCUT2D eigenvalue weighted by molar-refractivity contribution is 6.32. The van der Waals surface area contributed by atoms with Crippen molar-refractivity contribution in [2.75, 3.05) is 32.6 Å². The monoisotopic (exact) mass is 360 g/mol. The van der Waals surface area contributed by atoms with Gasteiger partial charge in [-0.3, -0.25) is 9.59 Å². The maximum Gasteiger partial charge on any atom is 0.255 e. The molecule has 3 rings (SSSR count). The Morgan fingerprint density at radius 3 is 2.60 bits per heavy atom. The van der Waals surface area contributed by atoms with Crippen LogP contribution >= 0.6 is 11.6 Å². The van der Waals surface area contributed by atoms with Gasteiger partial charge in [-0.05, 0) is 30.3 Å². The second-order valence-electron chi connectivity index (χ2n) is 5.72. The van der Waals surface area contributed by atoms with Crippen LogP contribution in [0.5, 0.6) is 11.5 Å². The Balaban J connectivity index is 1.82. The number of rotatable bonds is 3. The van der Waals surface area contributed by atoms with E-state index in [1.807, 2.05) is 0 Å². The second-order valence-corrected chi connectivity index (χ2v) is 6.12. The van der Waals surface area contributed by atoms with E-state index in [0.717, 1.165) is 0 Å². The van der Waals surface area contributed by atoms with Crippen LogP contribution in [-0.2, 0) is 0 Å². The van der Waals surface area contributed by atoms with E-state index in [-0.39, 0.29) is 11.8 Å². The third-order valence-corrected chi connectivity index (χ3v) is 3.91. The predicted octanol–water partition coefficient (Wildman–Crippen LogP) is 3.07. The van der Waals surface area contributed by atoms with Gasteiger partial charge in [-0.2, -0.15) is 0 Å². The minimum Gasteiger partial charge on any atom is -0.486 e. The van der Waals surface area contributed by atoms with Gasteiger partial charge >= 0.3 is 0 Å². The Bertz CT molecular complexity index is 836. The zero-order valence-electron chi connectivity index (χ0n) is 13.8. The molecular formula is C18H17ClN2O4. The molecule has 0 bridgehead atoms. The molecule has 0 saturated carbocycles. The first kappa shape index (κ1) is 17.1. The fourth-order valence-corrected chi connectivity index (χ4v) is 2.70. The largest absolute Gasteiger partial charge is 0.486 e. The zero-order valence-corrected chi connectivity index (χ0v) is 14.6. The molecule has 0 unspecified atom stereocenters. The summed E-state index contributed by atoms with van der Waals surface area (Å²) in [4.78, 5) is 26.0. The lowest BCUT2D eigenvalue weighted by Gasteiger charge is -2.20. The van der Waals surface area contributed by atoms with Crippen LogP contribution in [0.3, 0.4) is 0 Å². The van der Waals surface area contributed by atoms with Crippen LogP contribution in [0.2, 0.25) is 5.02 Å². The molecule has 2 aromatic carbocycles. The summed E-state index contributed by atoms with van der Waals surface area (Å²) >= 11 is 6.16. The summed E-state index contributed by atoms with van der Waals surface area (Å²) in [6, 6.07) is 9.86. The third kappa shape index (κ3) is 3.69. The van der Waals surface area contributed by atoms with Gasteiger partial charge in [-0.1, -0.05) is 17.7 Å². The highest BCUT2D eigenvalue weighted by atomic mass is 35.5. The third-order valence-electron chi connectivity index (χ3n) is 3.63. The molecule has 1 aliphatic heterocycles. The lowest BCUT2D eigenvalue weighted by Crippen LogP contribution is -2.22. The van der Waals surface area contributed by atoms with Gasteiger partial charge < -0.3 is 19.7 Å². The maximum atomic E-state index is 12.5. The molecule has 1 N–H and O–H groups in total. The number of fused-ring (bicyclic) bond motifs is 1. The number of halogens is 1. The summed E-state index contributed by atoms with van der Waals surface area (Å²) < 4.78 is 10.9. The molecule has 0 atom stereocenters. The van der Waals surface area contributed by atoms with Crippen molar-refractivity contribution in [1.29, 1.82) is 0 Å². The summed E-state index contributed by atoms with van der Waals surface area (Å²) in [6.45, 7) is 0.827. The number of hydrogen-bond donors (Lipinski definition) is 1. The minimum atomic E-state index is -0.353. The van der Waals surface area contributed by atoms with Crippen molar-refractivity contribution >= 4 is 29.1 Å². The quantitative estimate of drug-likeness (QED) is 0.913. The Kier molecular flexibility index (Phi) is 4.81. The first-order chi connectivity index (χ1) is 12.0. The Labute approximate surface area is 150 Å². The standard InChI is InChI=1S/C18H17ClN2O4/c1-21(2)18(23)11-4-3-5-13(8-11)20-17(22)12-9-14(19)16-15(10-12)24-6-7-25-16/h3-5,8-10H,6-7H2,1-2H3,(H,20,22). The Hall–Kier alpha value is -2.73. The molecule has 0 radical (unpaired) electrons. The van der Waals surface area contributed by atoms with Gasteiger partial charge in [-0.25, -0.2) is 0 Å². The normalized spacial score (nSPS) is 12.4. The van der Waals surface area contributed by atoms with Gasteiger partial charge in [-0.15, -0.1) is 0 Å². The number of ether oxygens (including phenoxy) is 2. The van der Waals surface area contributed by atoms with E-state index in [4.69, 9.17) is 21.1 Å². The van der Waals surface area contributed by atoms with Crippen LogP contribution in [0.15, 0.2) is 36.4 Å². The van der Waals surface area contributed by atoms with E-state index >= 15 is 0 Å². The molecule has 0 spiro atoms. The minimum absolute atomic E-state index is 0.140. The fraction of sp³-hybridized carbons (Fsp3) is 0.222. The van der Waals surface area contributed by atoms with Gasteiger partial charge in [0.25, 0.3) is 11.8 Å². The number of nitrogens with one attached hydrogen (secondary N) is 1. The van der Waals surface area contributed by atoms with Crippen LogP contribution in [0.1, 0.15) is 20.7 Å². The van der Waals surface area contributed by atoms with Crippen molar-refractivity contribution in [2.45, 2.75) is 0 Å². The predicted molar refractivity (Wildman–Crippen MR) is 94.9 cm³/mol. The van der Waals surface area contributed by atoms with E-state index < -0.39 is 0 Å². The number of nitrogens with zero attached hydrogens (tertiary/aromatic N) is 1. The van der Waals surface area contributed by atoms with Crippen LogP contribution < -0.4 is 14.8 Å². The van der Waals surface area contributed by atoms with Crippen LogP contribution in [0.25, 0.3) is 0 Å². The molecular weight excluding hydrogens is 344 g/mol. The average Bonchev–Trinajstić information content (AvgIpc) is 2.61. The molecule has 1 aliphatic rings. The van der Waals surface area contributed by atoms with Crippen molar-refractivity contribution in [3.05, 3.63) is 52.5 Å². The highest BCUT2D eigenvalue weighted by Gasteiger charge is 2.19. The SMILES string of the molecule is CN(C)C(=O)c1cccc(NC(=O)c2cc(Cl)c3c(c2)OCCO3)c1. The van der Waals surface area contributed by atoms with E-state index in [2.05, 4.69) is 5.32 Å². The molecule has 25 heavy (non-hydrogen) atoms. The van der Waals surface area contributed by atoms with Crippen LogP contribution in [-0.4, -0.2) is 44.0 Å². The number of anilines is 1. The van der Waals surface area contributed by atoms with Gasteiger partial charge in [0.1, 0.15) is 13.2 Å². The molecule has 2 aromatic rings. The van der Waals surface area contributed by atoms with Gasteiger partial charge in [0.15, 0.2) is 11.5 Å². The fourth-order valence-electron chi connectivity index (χ4n) is 2.43. The van der Waals surface area contributed by atoms with E-state index in [1.54, 1.807) is 44.4 Å². The smallest absolute Gasteiger partial charge is 0.255 e. The summed E-state index contributed by atoms with van der Waals surface area (Å²) in [6.07, 6.45) is 0. The van der Waals surface area contributed by atoms with E-state index in [9.17, 15) is 9.59 Å². The van der Waals surface area contributed by atoms with Crippen molar-refractivity contribution in [3.8, 4) is 11.5 Å². The number of carbonyl (C=O) groups excluding carboxylic acids is 2. The molecule has 1 heterocycles. The number of hydrogen-bond acceptors (Lipinski definition) is 4.